The molecule has 0 N–H and O–H groups in total. The standard InChI is InChI=1S/C22H21N3O2/c1-27-18-12-10-17(11-13-18)21-23-14-5-15-24(23)22(26)25(21)20-9-4-7-16-6-2-3-8-19(16)20/h2-4,6-13,21H,5,14-15H2,1H3. The number of methoxy groups -OCH3 is 1. The van der Waals surface area contributed by atoms with Gasteiger partial charge in [-0.25, -0.2) is 4.79 Å². The summed E-state index contributed by atoms with van der Waals surface area (Å²) in [7, 11) is 1.67. The lowest BCUT2D eigenvalue weighted by atomic mass is 10.1. The van der Waals surface area contributed by atoms with E-state index in [4.69, 9.17) is 4.74 Å². The highest BCUT2D eigenvalue weighted by molar-refractivity contribution is 6.04. The summed E-state index contributed by atoms with van der Waals surface area (Å²) in [5.41, 5.74) is 2.04. The molecule has 1 atom stereocenters. The van der Waals surface area contributed by atoms with Crippen LogP contribution in [0.1, 0.15) is 18.2 Å². The number of rotatable bonds is 3. The normalized spacial score (nSPS) is 19.7. The number of hydrazine groups is 1. The highest BCUT2D eigenvalue weighted by Gasteiger charge is 2.48. The Morgan fingerprint density at radius 1 is 0.926 bits per heavy atom. The molecule has 2 saturated heterocycles. The molecule has 2 aliphatic heterocycles. The Morgan fingerprint density at radius 3 is 2.52 bits per heavy atom. The molecule has 0 bridgehead atoms. The zero-order valence-corrected chi connectivity index (χ0v) is 15.2. The summed E-state index contributed by atoms with van der Waals surface area (Å²) in [6.07, 6.45) is 0.860. The van der Waals surface area contributed by atoms with Gasteiger partial charge >= 0.3 is 6.03 Å². The lowest BCUT2D eigenvalue weighted by molar-refractivity contribution is 0.0728. The predicted octanol–water partition coefficient (Wildman–Crippen LogP) is 4.41. The third-order valence-corrected chi connectivity index (χ3v) is 5.46. The number of anilines is 1. The van der Waals surface area contributed by atoms with E-state index in [2.05, 4.69) is 35.3 Å². The molecule has 2 amide bonds. The topological polar surface area (TPSA) is 36.0 Å². The lowest BCUT2D eigenvalue weighted by Gasteiger charge is -2.28. The Kier molecular flexibility index (Phi) is 3.76. The minimum Gasteiger partial charge on any atom is -0.497 e. The van der Waals surface area contributed by atoms with E-state index in [9.17, 15) is 4.79 Å². The van der Waals surface area contributed by atoms with Crippen molar-refractivity contribution in [3.8, 4) is 5.75 Å². The van der Waals surface area contributed by atoms with Crippen LogP contribution < -0.4 is 9.64 Å². The minimum atomic E-state index is -0.142. The second-order valence-electron chi connectivity index (χ2n) is 6.94. The van der Waals surface area contributed by atoms with E-state index in [1.54, 1.807) is 7.11 Å². The van der Waals surface area contributed by atoms with Crippen LogP contribution in [0.4, 0.5) is 10.5 Å². The first-order valence-corrected chi connectivity index (χ1v) is 9.27. The summed E-state index contributed by atoms with van der Waals surface area (Å²) in [4.78, 5) is 15.3. The first-order chi connectivity index (χ1) is 13.3. The van der Waals surface area contributed by atoms with E-state index in [0.29, 0.717) is 0 Å². The van der Waals surface area contributed by atoms with Crippen LogP contribution in [0, 0.1) is 0 Å². The Morgan fingerprint density at radius 2 is 1.70 bits per heavy atom. The molecule has 3 aromatic carbocycles. The van der Waals surface area contributed by atoms with Crippen LogP contribution in [0.5, 0.6) is 5.75 Å². The maximum absolute atomic E-state index is 13.3. The van der Waals surface area contributed by atoms with Crippen molar-refractivity contribution in [1.29, 1.82) is 0 Å². The highest BCUT2D eigenvalue weighted by Crippen LogP contribution is 2.42. The number of fused-ring (bicyclic) bond motifs is 2. The Bertz CT molecular complexity index is 997. The Labute approximate surface area is 158 Å². The molecule has 2 aliphatic rings. The molecule has 5 nitrogen and oxygen atoms in total. The van der Waals surface area contributed by atoms with Crippen LogP contribution >= 0.6 is 0 Å². The molecule has 0 spiro atoms. The first-order valence-electron chi connectivity index (χ1n) is 9.27. The number of benzene rings is 3. The van der Waals surface area contributed by atoms with Gasteiger partial charge in [-0.3, -0.25) is 9.91 Å². The fourth-order valence-corrected chi connectivity index (χ4v) is 4.20. The molecule has 1 unspecified atom stereocenters. The molecular formula is C22H21N3O2. The summed E-state index contributed by atoms with van der Waals surface area (Å²) in [6.45, 7) is 1.65. The average Bonchev–Trinajstić information content (AvgIpc) is 3.30. The SMILES string of the molecule is COc1ccc(C2N(c3cccc4ccccc34)C(=O)N3CCCN23)cc1. The largest absolute Gasteiger partial charge is 0.497 e. The third kappa shape index (κ3) is 2.46. The molecule has 0 aliphatic carbocycles. The molecular weight excluding hydrogens is 338 g/mol. The van der Waals surface area contributed by atoms with Gasteiger partial charge in [-0.15, -0.1) is 0 Å². The Hall–Kier alpha value is -3.05. The molecule has 27 heavy (non-hydrogen) atoms. The summed E-state index contributed by atoms with van der Waals surface area (Å²) in [6, 6.07) is 22.4. The van der Waals surface area contributed by atoms with Crippen LogP contribution in [-0.2, 0) is 0 Å². The van der Waals surface area contributed by atoms with Gasteiger partial charge in [0.15, 0.2) is 0 Å². The van der Waals surface area contributed by atoms with Crippen molar-refractivity contribution >= 4 is 22.5 Å². The zero-order chi connectivity index (χ0) is 18.4. The van der Waals surface area contributed by atoms with Crippen molar-refractivity contribution in [3.05, 3.63) is 72.3 Å². The maximum Gasteiger partial charge on any atom is 0.340 e. The molecule has 0 aromatic heterocycles. The van der Waals surface area contributed by atoms with Crippen LogP contribution in [-0.4, -0.2) is 36.2 Å². The molecule has 3 aromatic rings. The van der Waals surface area contributed by atoms with Crippen LogP contribution in [0.2, 0.25) is 0 Å². The number of urea groups is 1. The van der Waals surface area contributed by atoms with Gasteiger partial charge in [-0.1, -0.05) is 48.5 Å². The second kappa shape index (κ2) is 6.28. The lowest BCUT2D eigenvalue weighted by Crippen LogP contribution is -2.32. The van der Waals surface area contributed by atoms with Crippen LogP contribution in [0.3, 0.4) is 0 Å². The number of carbonyl (C=O) groups is 1. The van der Waals surface area contributed by atoms with E-state index in [1.807, 2.05) is 46.3 Å². The van der Waals surface area contributed by atoms with E-state index < -0.39 is 0 Å². The second-order valence-corrected chi connectivity index (χ2v) is 6.94. The molecule has 0 radical (unpaired) electrons. The van der Waals surface area contributed by atoms with Gasteiger partial charge in [0.25, 0.3) is 0 Å². The third-order valence-electron chi connectivity index (χ3n) is 5.46. The smallest absolute Gasteiger partial charge is 0.340 e. The fourth-order valence-electron chi connectivity index (χ4n) is 4.20. The van der Waals surface area contributed by atoms with Gasteiger partial charge in [0.05, 0.1) is 12.8 Å². The molecule has 5 rings (SSSR count). The molecule has 5 heteroatoms. The number of nitrogens with zero attached hydrogens (tertiary/aromatic N) is 3. The van der Waals surface area contributed by atoms with E-state index in [1.165, 1.54) is 0 Å². The summed E-state index contributed by atoms with van der Waals surface area (Å²) in [5.74, 6) is 0.818. The number of carbonyl (C=O) groups excluding carboxylic acids is 1. The summed E-state index contributed by atoms with van der Waals surface area (Å²) >= 11 is 0. The molecule has 136 valence electrons. The van der Waals surface area contributed by atoms with E-state index in [-0.39, 0.29) is 12.2 Å². The van der Waals surface area contributed by atoms with Crippen molar-refractivity contribution in [2.75, 3.05) is 25.1 Å². The number of hydrogen-bond acceptors (Lipinski definition) is 3. The average molecular weight is 359 g/mol. The van der Waals surface area contributed by atoms with Gasteiger partial charge in [-0.05, 0) is 35.6 Å². The first kappa shape index (κ1) is 16.1. The van der Waals surface area contributed by atoms with Crippen LogP contribution in [0.15, 0.2) is 66.7 Å². The van der Waals surface area contributed by atoms with Gasteiger partial charge in [0, 0.05) is 18.5 Å². The maximum atomic E-state index is 13.3. The van der Waals surface area contributed by atoms with Crippen molar-refractivity contribution in [3.63, 3.8) is 0 Å². The molecule has 2 heterocycles. The van der Waals surface area contributed by atoms with E-state index >= 15 is 0 Å². The van der Waals surface area contributed by atoms with Gasteiger partial charge in [0.1, 0.15) is 11.9 Å². The number of amides is 2. The molecule has 2 fully saturated rings. The van der Waals surface area contributed by atoms with Gasteiger partial charge in [0.2, 0.25) is 0 Å². The summed E-state index contributed by atoms with van der Waals surface area (Å²) in [5, 5.41) is 6.30. The minimum absolute atomic E-state index is 0.0460. The zero-order valence-electron chi connectivity index (χ0n) is 15.2. The molecule has 0 saturated carbocycles. The number of hydrogen-bond donors (Lipinski definition) is 0. The van der Waals surface area contributed by atoms with Crippen molar-refractivity contribution < 1.29 is 9.53 Å². The van der Waals surface area contributed by atoms with Crippen molar-refractivity contribution in [2.24, 2.45) is 0 Å². The Balaban J connectivity index is 1.66. The van der Waals surface area contributed by atoms with Crippen molar-refractivity contribution in [2.45, 2.75) is 12.6 Å². The highest BCUT2D eigenvalue weighted by atomic mass is 16.5. The van der Waals surface area contributed by atoms with Gasteiger partial charge < -0.3 is 4.74 Å². The number of ether oxygens (including phenoxy) is 1. The fraction of sp³-hybridized carbons (Fsp3) is 0.227. The van der Waals surface area contributed by atoms with Crippen molar-refractivity contribution in [1.82, 2.24) is 10.0 Å². The van der Waals surface area contributed by atoms with Gasteiger partial charge in [-0.2, -0.15) is 5.01 Å². The predicted molar refractivity (Wildman–Crippen MR) is 106 cm³/mol. The summed E-state index contributed by atoms with van der Waals surface area (Å²) < 4.78 is 5.30. The van der Waals surface area contributed by atoms with E-state index in [0.717, 1.165) is 47.3 Å². The monoisotopic (exact) mass is 359 g/mol. The quantitative estimate of drug-likeness (QED) is 0.695. The van der Waals surface area contributed by atoms with Crippen LogP contribution in [0.25, 0.3) is 10.8 Å².